The molecule has 1 saturated carbocycles. The first kappa shape index (κ1) is 21.1. The zero-order valence-electron chi connectivity index (χ0n) is 20.3. The van der Waals surface area contributed by atoms with Crippen molar-refractivity contribution < 1.29 is 4.74 Å². The number of nitrogens with zero attached hydrogens (tertiary/aromatic N) is 4. The van der Waals surface area contributed by atoms with Crippen LogP contribution in [-0.2, 0) is 4.74 Å². The zero-order valence-corrected chi connectivity index (χ0v) is 21.1. The largest absolute Gasteiger partial charge is 0.380 e. The molecular formula is C27H33N5OS. The summed E-state index contributed by atoms with van der Waals surface area (Å²) in [6, 6.07) is 5.48. The highest BCUT2D eigenvalue weighted by atomic mass is 32.1. The summed E-state index contributed by atoms with van der Waals surface area (Å²) in [5.74, 6) is 1.16. The molecule has 4 aromatic rings. The minimum absolute atomic E-state index is 0.451. The van der Waals surface area contributed by atoms with Gasteiger partial charge in [0.2, 0.25) is 0 Å². The predicted octanol–water partition coefficient (Wildman–Crippen LogP) is 5.73. The van der Waals surface area contributed by atoms with E-state index >= 15 is 0 Å². The lowest BCUT2D eigenvalue weighted by atomic mass is 9.74. The summed E-state index contributed by atoms with van der Waals surface area (Å²) >= 11 is 2.03. The van der Waals surface area contributed by atoms with Gasteiger partial charge in [-0.3, -0.25) is 4.90 Å². The van der Waals surface area contributed by atoms with Crippen LogP contribution in [0.25, 0.3) is 27.1 Å². The molecule has 0 amide bonds. The molecule has 34 heavy (non-hydrogen) atoms. The van der Waals surface area contributed by atoms with E-state index < -0.39 is 0 Å². The van der Waals surface area contributed by atoms with Gasteiger partial charge in [-0.15, -0.1) is 11.3 Å². The van der Waals surface area contributed by atoms with Crippen molar-refractivity contribution in [2.24, 2.45) is 5.41 Å². The summed E-state index contributed by atoms with van der Waals surface area (Å²) in [6.07, 6.45) is 9.05. The van der Waals surface area contributed by atoms with Crippen LogP contribution < -0.4 is 0 Å². The lowest BCUT2D eigenvalue weighted by molar-refractivity contribution is -0.200. The van der Waals surface area contributed by atoms with E-state index in [0.717, 1.165) is 30.5 Å². The third kappa shape index (κ3) is 3.20. The Morgan fingerprint density at radius 2 is 1.94 bits per heavy atom. The molecule has 3 fully saturated rings. The van der Waals surface area contributed by atoms with Gasteiger partial charge in [-0.25, -0.2) is 9.50 Å². The number of likely N-dealkylation sites (tertiary alicyclic amines) is 1. The number of nitrogens with one attached hydrogen (secondary N) is 1. The fraction of sp³-hybridized carbons (Fsp3) is 0.556. The van der Waals surface area contributed by atoms with Gasteiger partial charge < -0.3 is 9.72 Å². The Hall–Kier alpha value is -2.22. The van der Waals surface area contributed by atoms with Crippen molar-refractivity contribution in [3.63, 3.8) is 0 Å². The van der Waals surface area contributed by atoms with Crippen molar-refractivity contribution in [3.8, 4) is 11.3 Å². The maximum Gasteiger partial charge on any atom is 0.158 e. The molecule has 1 aliphatic carbocycles. The maximum absolute atomic E-state index is 5.46. The van der Waals surface area contributed by atoms with Crippen LogP contribution in [0.1, 0.15) is 67.4 Å². The van der Waals surface area contributed by atoms with E-state index in [9.17, 15) is 0 Å². The Balaban J connectivity index is 1.14. The maximum atomic E-state index is 5.46. The number of fused-ring (bicyclic) bond motifs is 2. The normalized spacial score (nSPS) is 24.8. The van der Waals surface area contributed by atoms with Gasteiger partial charge in [-0.05, 0) is 67.7 Å². The second-order valence-electron chi connectivity index (χ2n) is 11.3. The molecule has 178 valence electrons. The number of thiophene rings is 1. The van der Waals surface area contributed by atoms with E-state index in [1.165, 1.54) is 65.8 Å². The highest BCUT2D eigenvalue weighted by Gasteiger charge is 2.50. The summed E-state index contributed by atoms with van der Waals surface area (Å²) in [7, 11) is 0. The van der Waals surface area contributed by atoms with Gasteiger partial charge in [-0.2, -0.15) is 5.10 Å². The van der Waals surface area contributed by atoms with Crippen molar-refractivity contribution >= 4 is 27.2 Å². The smallest absolute Gasteiger partial charge is 0.158 e. The molecule has 0 radical (unpaired) electrons. The molecule has 1 N–H and O–H groups in total. The first-order chi connectivity index (χ1) is 16.5. The molecule has 1 spiro atoms. The molecule has 0 bridgehead atoms. The van der Waals surface area contributed by atoms with E-state index in [1.807, 2.05) is 15.9 Å². The SMILES string of the molecule is Cc1cc(-c2[nH]c3cc(C4CCC(N5CC6(COC6)C5)CC4)sc3c2C(C)C)cn2ncnc12. The molecule has 6 heterocycles. The highest BCUT2D eigenvalue weighted by Crippen LogP contribution is 2.47. The first-order valence-corrected chi connectivity index (χ1v) is 13.6. The minimum atomic E-state index is 0.451. The van der Waals surface area contributed by atoms with Crippen molar-refractivity contribution in [3.05, 3.63) is 40.7 Å². The van der Waals surface area contributed by atoms with Crippen molar-refractivity contribution in [1.29, 1.82) is 0 Å². The van der Waals surface area contributed by atoms with Gasteiger partial charge in [0, 0.05) is 41.2 Å². The van der Waals surface area contributed by atoms with Crippen molar-refractivity contribution in [1.82, 2.24) is 24.5 Å². The Bertz CT molecular complexity index is 1360. The number of hydrogen-bond donors (Lipinski definition) is 1. The number of aromatic nitrogens is 4. The second kappa shape index (κ2) is 7.64. The molecule has 7 rings (SSSR count). The summed E-state index contributed by atoms with van der Waals surface area (Å²) in [5.41, 5.74) is 7.77. The van der Waals surface area contributed by atoms with Gasteiger partial charge in [0.1, 0.15) is 6.33 Å². The molecule has 0 unspecified atom stereocenters. The third-order valence-electron chi connectivity index (χ3n) is 8.46. The number of aryl methyl sites for hydroxylation is 1. The fourth-order valence-electron chi connectivity index (χ4n) is 6.60. The lowest BCUT2D eigenvalue weighted by Gasteiger charge is -2.58. The molecule has 2 saturated heterocycles. The molecule has 2 aliphatic heterocycles. The Morgan fingerprint density at radius 3 is 2.65 bits per heavy atom. The van der Waals surface area contributed by atoms with Crippen LogP contribution >= 0.6 is 11.3 Å². The Labute approximate surface area is 204 Å². The van der Waals surface area contributed by atoms with Crippen LogP contribution in [0.4, 0.5) is 0 Å². The second-order valence-corrected chi connectivity index (χ2v) is 12.4. The quantitative estimate of drug-likeness (QED) is 0.410. The van der Waals surface area contributed by atoms with Gasteiger partial charge >= 0.3 is 0 Å². The molecule has 7 heteroatoms. The predicted molar refractivity (Wildman–Crippen MR) is 137 cm³/mol. The van der Waals surface area contributed by atoms with Crippen LogP contribution in [0, 0.1) is 12.3 Å². The topological polar surface area (TPSA) is 58.5 Å². The average molecular weight is 476 g/mol. The van der Waals surface area contributed by atoms with Gasteiger partial charge in [0.25, 0.3) is 0 Å². The summed E-state index contributed by atoms with van der Waals surface area (Å²) in [5, 5.41) is 4.39. The standard InChI is InChI=1S/C27H33N5OS/c1-16(2)23-24(19-8-17(3)26-28-15-29-32(26)10-19)30-21-9-22(34-25(21)23)18-4-6-20(7-5-18)31-11-27(12-31)13-33-14-27/h8-10,15-16,18,20,30H,4-7,11-14H2,1-3H3. The number of pyridine rings is 1. The molecule has 0 atom stereocenters. The van der Waals surface area contributed by atoms with Gasteiger partial charge in [0.05, 0.1) is 29.1 Å². The van der Waals surface area contributed by atoms with Crippen LogP contribution in [0.5, 0.6) is 0 Å². The first-order valence-electron chi connectivity index (χ1n) is 12.8. The highest BCUT2D eigenvalue weighted by molar-refractivity contribution is 7.19. The lowest BCUT2D eigenvalue weighted by Crippen LogP contribution is -2.68. The third-order valence-corrected chi connectivity index (χ3v) is 9.79. The molecule has 6 nitrogen and oxygen atoms in total. The zero-order chi connectivity index (χ0) is 23.0. The van der Waals surface area contributed by atoms with Crippen molar-refractivity contribution in [2.75, 3.05) is 26.3 Å². The fourth-order valence-corrected chi connectivity index (χ4v) is 8.08. The van der Waals surface area contributed by atoms with Crippen LogP contribution in [0.2, 0.25) is 0 Å². The molecule has 3 aliphatic rings. The van der Waals surface area contributed by atoms with Gasteiger partial charge in [0.15, 0.2) is 5.65 Å². The van der Waals surface area contributed by atoms with E-state index in [0.29, 0.717) is 17.3 Å². The summed E-state index contributed by atoms with van der Waals surface area (Å²) in [6.45, 7) is 11.3. The Kier molecular flexibility index (Phi) is 4.74. The van der Waals surface area contributed by atoms with Crippen LogP contribution in [-0.4, -0.2) is 56.8 Å². The van der Waals surface area contributed by atoms with Crippen molar-refractivity contribution in [2.45, 2.75) is 64.3 Å². The van der Waals surface area contributed by atoms with Crippen LogP contribution in [0.15, 0.2) is 24.7 Å². The molecule has 0 aromatic carbocycles. The summed E-state index contributed by atoms with van der Waals surface area (Å²) < 4.78 is 8.79. The average Bonchev–Trinajstić information content (AvgIpc) is 3.46. The number of rotatable bonds is 4. The minimum Gasteiger partial charge on any atom is -0.380 e. The van der Waals surface area contributed by atoms with E-state index in [2.05, 4.69) is 59.1 Å². The van der Waals surface area contributed by atoms with E-state index in [1.54, 1.807) is 11.2 Å². The van der Waals surface area contributed by atoms with E-state index in [4.69, 9.17) is 4.74 Å². The molecular weight excluding hydrogens is 442 g/mol. The number of ether oxygens (including phenoxy) is 1. The molecule has 4 aromatic heterocycles. The van der Waals surface area contributed by atoms with Crippen LogP contribution in [0.3, 0.4) is 0 Å². The Morgan fingerprint density at radius 1 is 1.15 bits per heavy atom. The van der Waals surface area contributed by atoms with Gasteiger partial charge in [-0.1, -0.05) is 13.8 Å². The number of hydrogen-bond acceptors (Lipinski definition) is 5. The number of H-pyrrole nitrogens is 1. The van der Waals surface area contributed by atoms with E-state index in [-0.39, 0.29) is 0 Å². The monoisotopic (exact) mass is 475 g/mol. The summed E-state index contributed by atoms with van der Waals surface area (Å²) in [4.78, 5) is 12.5. The number of aromatic amines is 1.